The molecule has 2 heterocycles. The van der Waals surface area contributed by atoms with E-state index in [2.05, 4.69) is 44.4 Å². The van der Waals surface area contributed by atoms with Gasteiger partial charge in [0.2, 0.25) is 0 Å². The van der Waals surface area contributed by atoms with Gasteiger partial charge in [0.05, 0.1) is 12.4 Å². The molecule has 96 valence electrons. The van der Waals surface area contributed by atoms with E-state index in [4.69, 9.17) is 0 Å². The molecule has 0 radical (unpaired) electrons. The lowest BCUT2D eigenvalue weighted by Gasteiger charge is -2.14. The summed E-state index contributed by atoms with van der Waals surface area (Å²) >= 11 is 1.73. The Morgan fingerprint density at radius 3 is 2.89 bits per heavy atom. The average Bonchev–Trinajstić information content (AvgIpc) is 2.82. The quantitative estimate of drug-likeness (QED) is 0.840. The monoisotopic (exact) mass is 262 g/mol. The van der Waals surface area contributed by atoms with Crippen molar-refractivity contribution in [1.29, 1.82) is 0 Å². The largest absolute Gasteiger partial charge is 0.369 e. The maximum Gasteiger partial charge on any atom is 0.147 e. The van der Waals surface area contributed by atoms with E-state index < -0.39 is 0 Å². The fourth-order valence-corrected chi connectivity index (χ4v) is 2.45. The van der Waals surface area contributed by atoms with Gasteiger partial charge in [0.1, 0.15) is 11.6 Å². The van der Waals surface area contributed by atoms with E-state index in [9.17, 15) is 0 Å². The molecule has 5 heteroatoms. The number of aromatic nitrogens is 2. The minimum atomic E-state index is 0.339. The van der Waals surface area contributed by atoms with Crippen LogP contribution in [0.1, 0.15) is 19.4 Å². The van der Waals surface area contributed by atoms with Gasteiger partial charge in [-0.25, -0.2) is 4.98 Å². The Morgan fingerprint density at radius 1 is 1.33 bits per heavy atom. The van der Waals surface area contributed by atoms with Crippen LogP contribution in [0.25, 0.3) is 0 Å². The lowest BCUT2D eigenvalue weighted by atomic mass is 10.1. The maximum absolute atomic E-state index is 4.45. The van der Waals surface area contributed by atoms with E-state index in [0.29, 0.717) is 6.04 Å². The molecular formula is C13H18N4S. The fraction of sp³-hybridized carbons (Fsp3) is 0.385. The molecular weight excluding hydrogens is 244 g/mol. The van der Waals surface area contributed by atoms with Crippen molar-refractivity contribution in [3.8, 4) is 0 Å². The van der Waals surface area contributed by atoms with E-state index in [1.165, 1.54) is 5.56 Å². The molecule has 2 aromatic rings. The number of hydrogen-bond acceptors (Lipinski definition) is 5. The summed E-state index contributed by atoms with van der Waals surface area (Å²) in [6.07, 6.45) is 4.49. The molecule has 0 aliphatic carbocycles. The summed E-state index contributed by atoms with van der Waals surface area (Å²) in [7, 11) is 0. The number of anilines is 2. The molecule has 0 saturated heterocycles. The van der Waals surface area contributed by atoms with Gasteiger partial charge in [0, 0.05) is 12.6 Å². The molecule has 1 atom stereocenters. The maximum atomic E-state index is 4.45. The van der Waals surface area contributed by atoms with Crippen LogP contribution < -0.4 is 10.6 Å². The first-order chi connectivity index (χ1) is 8.78. The molecule has 2 N–H and O–H groups in total. The summed E-state index contributed by atoms with van der Waals surface area (Å²) in [5, 5.41) is 10.8. The van der Waals surface area contributed by atoms with E-state index in [0.717, 1.165) is 24.6 Å². The summed E-state index contributed by atoms with van der Waals surface area (Å²) in [6.45, 7) is 5.04. The number of thiophene rings is 1. The number of nitrogens with zero attached hydrogens (tertiary/aromatic N) is 2. The zero-order valence-corrected chi connectivity index (χ0v) is 11.5. The lowest BCUT2D eigenvalue weighted by Crippen LogP contribution is -2.19. The summed E-state index contributed by atoms with van der Waals surface area (Å²) < 4.78 is 0. The minimum Gasteiger partial charge on any atom is -0.369 e. The molecule has 0 saturated carbocycles. The lowest BCUT2D eigenvalue weighted by molar-refractivity contribution is 0.785. The zero-order chi connectivity index (χ0) is 12.8. The minimum absolute atomic E-state index is 0.339. The van der Waals surface area contributed by atoms with Gasteiger partial charge in [0.25, 0.3) is 0 Å². The normalized spacial score (nSPS) is 12.1. The highest BCUT2D eigenvalue weighted by Gasteiger charge is 2.05. The standard InChI is InChI=1S/C13H18N4S/c1-3-15-12-7-14-8-13(17-12)16-10(2)6-11-4-5-18-9-11/h4-5,7-10H,3,6H2,1-2H3,(H2,15,16,17). The molecule has 0 amide bonds. The van der Waals surface area contributed by atoms with E-state index in [-0.39, 0.29) is 0 Å². The fourth-order valence-electron chi connectivity index (χ4n) is 1.77. The Balaban J connectivity index is 1.93. The molecule has 18 heavy (non-hydrogen) atoms. The van der Waals surface area contributed by atoms with E-state index in [1.807, 2.05) is 6.92 Å². The van der Waals surface area contributed by atoms with E-state index in [1.54, 1.807) is 23.7 Å². The molecule has 1 unspecified atom stereocenters. The van der Waals surface area contributed by atoms with Crippen LogP contribution in [-0.2, 0) is 6.42 Å². The van der Waals surface area contributed by atoms with Crippen molar-refractivity contribution in [2.75, 3.05) is 17.2 Å². The van der Waals surface area contributed by atoms with Crippen molar-refractivity contribution in [1.82, 2.24) is 9.97 Å². The van der Waals surface area contributed by atoms with Crippen LogP contribution in [0.5, 0.6) is 0 Å². The van der Waals surface area contributed by atoms with Crippen molar-refractivity contribution in [2.45, 2.75) is 26.3 Å². The van der Waals surface area contributed by atoms with Crippen LogP contribution in [-0.4, -0.2) is 22.6 Å². The van der Waals surface area contributed by atoms with Gasteiger partial charge in [-0.15, -0.1) is 0 Å². The van der Waals surface area contributed by atoms with Gasteiger partial charge >= 0.3 is 0 Å². The summed E-state index contributed by atoms with van der Waals surface area (Å²) in [5.74, 6) is 1.63. The second kappa shape index (κ2) is 6.35. The summed E-state index contributed by atoms with van der Waals surface area (Å²) in [6, 6.07) is 2.50. The predicted molar refractivity (Wildman–Crippen MR) is 77.3 cm³/mol. The number of hydrogen-bond donors (Lipinski definition) is 2. The van der Waals surface area contributed by atoms with Crippen molar-refractivity contribution < 1.29 is 0 Å². The van der Waals surface area contributed by atoms with Gasteiger partial charge in [-0.3, -0.25) is 4.98 Å². The summed E-state index contributed by atoms with van der Waals surface area (Å²) in [5.41, 5.74) is 1.36. The highest BCUT2D eigenvalue weighted by Crippen LogP contribution is 2.12. The van der Waals surface area contributed by atoms with Crippen LogP contribution in [0.15, 0.2) is 29.2 Å². The molecule has 0 fully saturated rings. The van der Waals surface area contributed by atoms with Gasteiger partial charge in [-0.05, 0) is 42.7 Å². The Morgan fingerprint density at radius 2 is 2.17 bits per heavy atom. The first kappa shape index (κ1) is 12.8. The smallest absolute Gasteiger partial charge is 0.147 e. The van der Waals surface area contributed by atoms with Crippen LogP contribution in [0.4, 0.5) is 11.6 Å². The van der Waals surface area contributed by atoms with Crippen LogP contribution in [0.2, 0.25) is 0 Å². The van der Waals surface area contributed by atoms with Crippen LogP contribution in [0.3, 0.4) is 0 Å². The molecule has 4 nitrogen and oxygen atoms in total. The van der Waals surface area contributed by atoms with Crippen LogP contribution in [0, 0.1) is 0 Å². The second-order valence-electron chi connectivity index (χ2n) is 4.20. The Hall–Kier alpha value is -1.62. The van der Waals surface area contributed by atoms with Gasteiger partial charge < -0.3 is 10.6 Å². The van der Waals surface area contributed by atoms with Crippen molar-refractivity contribution >= 4 is 23.0 Å². The Kier molecular flexibility index (Phi) is 4.52. The Labute approximate surface area is 111 Å². The van der Waals surface area contributed by atoms with Gasteiger partial charge in [-0.1, -0.05) is 0 Å². The number of nitrogens with one attached hydrogen (secondary N) is 2. The topological polar surface area (TPSA) is 49.8 Å². The second-order valence-corrected chi connectivity index (χ2v) is 4.98. The van der Waals surface area contributed by atoms with E-state index >= 15 is 0 Å². The highest BCUT2D eigenvalue weighted by molar-refractivity contribution is 7.07. The molecule has 0 spiro atoms. The third-order valence-corrected chi connectivity index (χ3v) is 3.24. The summed E-state index contributed by atoms with van der Waals surface area (Å²) in [4.78, 5) is 8.62. The molecule has 0 aliphatic rings. The van der Waals surface area contributed by atoms with Gasteiger partial charge in [0.15, 0.2) is 0 Å². The van der Waals surface area contributed by atoms with Crippen molar-refractivity contribution in [3.63, 3.8) is 0 Å². The third kappa shape index (κ3) is 3.70. The first-order valence-corrected chi connectivity index (χ1v) is 7.05. The molecule has 0 bridgehead atoms. The Bertz CT molecular complexity index is 470. The molecule has 2 rings (SSSR count). The van der Waals surface area contributed by atoms with Crippen molar-refractivity contribution in [2.24, 2.45) is 0 Å². The predicted octanol–water partition coefficient (Wildman–Crippen LogP) is 3.01. The molecule has 0 aliphatic heterocycles. The first-order valence-electron chi connectivity index (χ1n) is 6.11. The van der Waals surface area contributed by atoms with Gasteiger partial charge in [-0.2, -0.15) is 11.3 Å². The number of rotatable bonds is 6. The highest BCUT2D eigenvalue weighted by atomic mass is 32.1. The van der Waals surface area contributed by atoms with Crippen LogP contribution >= 0.6 is 11.3 Å². The molecule has 2 aromatic heterocycles. The van der Waals surface area contributed by atoms with Crippen molar-refractivity contribution in [3.05, 3.63) is 34.8 Å². The average molecular weight is 262 g/mol. The third-order valence-electron chi connectivity index (χ3n) is 2.51. The zero-order valence-electron chi connectivity index (χ0n) is 10.7. The SMILES string of the molecule is CCNc1cncc(NC(C)Cc2ccsc2)n1. The molecule has 0 aromatic carbocycles.